The summed E-state index contributed by atoms with van der Waals surface area (Å²) in [5.74, 6) is 1.50. The lowest BCUT2D eigenvalue weighted by molar-refractivity contribution is 0.0835. The van der Waals surface area contributed by atoms with Gasteiger partial charge in [-0.05, 0) is 38.7 Å². The Bertz CT molecular complexity index is 412. The summed E-state index contributed by atoms with van der Waals surface area (Å²) in [6.45, 7) is 4.63. The number of aryl methyl sites for hydroxylation is 1. The molecule has 98 valence electrons. The first-order valence-corrected chi connectivity index (χ1v) is 6.97. The topological polar surface area (TPSA) is 47.0 Å². The summed E-state index contributed by atoms with van der Waals surface area (Å²) >= 11 is 0. The first-order chi connectivity index (χ1) is 8.81. The van der Waals surface area contributed by atoms with E-state index in [0.717, 1.165) is 55.9 Å². The Labute approximate surface area is 108 Å². The highest BCUT2D eigenvalue weighted by molar-refractivity contribution is 5.13. The van der Waals surface area contributed by atoms with Gasteiger partial charge in [-0.3, -0.25) is 0 Å². The van der Waals surface area contributed by atoms with E-state index >= 15 is 0 Å². The number of ether oxygens (including phenoxy) is 1. The molecular formula is C14H21N3O. The summed E-state index contributed by atoms with van der Waals surface area (Å²) in [6.07, 6.45) is 4.74. The second-order valence-electron chi connectivity index (χ2n) is 5.40. The molecule has 0 radical (unpaired) electrons. The first kappa shape index (κ1) is 12.1. The molecule has 2 aliphatic rings. The molecule has 0 aromatic carbocycles. The average Bonchev–Trinajstić information content (AvgIpc) is 3.21. The molecule has 0 spiro atoms. The van der Waals surface area contributed by atoms with Crippen LogP contribution >= 0.6 is 0 Å². The second kappa shape index (κ2) is 5.33. The number of nitrogens with zero attached hydrogens (tertiary/aromatic N) is 2. The number of rotatable bonds is 4. The van der Waals surface area contributed by atoms with E-state index in [4.69, 9.17) is 9.72 Å². The van der Waals surface area contributed by atoms with E-state index in [1.807, 2.05) is 0 Å². The quantitative estimate of drug-likeness (QED) is 0.883. The summed E-state index contributed by atoms with van der Waals surface area (Å²) in [5, 5.41) is 3.52. The van der Waals surface area contributed by atoms with Crippen molar-refractivity contribution in [2.75, 3.05) is 13.2 Å². The molecule has 3 rings (SSSR count). The van der Waals surface area contributed by atoms with Crippen LogP contribution in [0.15, 0.2) is 6.07 Å². The van der Waals surface area contributed by atoms with Gasteiger partial charge in [0.05, 0.1) is 5.69 Å². The Morgan fingerprint density at radius 1 is 1.22 bits per heavy atom. The summed E-state index contributed by atoms with van der Waals surface area (Å²) in [6, 6.07) is 2.82. The van der Waals surface area contributed by atoms with Crippen molar-refractivity contribution in [3.63, 3.8) is 0 Å². The van der Waals surface area contributed by atoms with Gasteiger partial charge < -0.3 is 10.1 Å². The van der Waals surface area contributed by atoms with Gasteiger partial charge in [0.2, 0.25) is 0 Å². The molecule has 1 aliphatic carbocycles. The monoisotopic (exact) mass is 247 g/mol. The Morgan fingerprint density at radius 3 is 2.72 bits per heavy atom. The van der Waals surface area contributed by atoms with Gasteiger partial charge in [-0.2, -0.15) is 0 Å². The number of nitrogens with one attached hydrogen (secondary N) is 1. The molecule has 0 amide bonds. The number of hydrogen-bond donors (Lipinski definition) is 1. The Kier molecular flexibility index (Phi) is 3.57. The third-order valence-corrected chi connectivity index (χ3v) is 3.66. The van der Waals surface area contributed by atoms with Crippen LogP contribution in [0.5, 0.6) is 0 Å². The number of hydrogen-bond acceptors (Lipinski definition) is 4. The Balaban J connectivity index is 1.71. The van der Waals surface area contributed by atoms with Gasteiger partial charge in [-0.15, -0.1) is 0 Å². The van der Waals surface area contributed by atoms with Crippen molar-refractivity contribution in [2.45, 2.75) is 51.1 Å². The third-order valence-electron chi connectivity index (χ3n) is 3.66. The van der Waals surface area contributed by atoms with Gasteiger partial charge in [-0.25, -0.2) is 9.97 Å². The Morgan fingerprint density at radius 2 is 2.00 bits per heavy atom. The van der Waals surface area contributed by atoms with E-state index < -0.39 is 0 Å². The van der Waals surface area contributed by atoms with Crippen LogP contribution in [0.1, 0.15) is 48.8 Å². The summed E-state index contributed by atoms with van der Waals surface area (Å²) in [5.41, 5.74) is 2.22. The summed E-state index contributed by atoms with van der Waals surface area (Å²) in [7, 11) is 0. The first-order valence-electron chi connectivity index (χ1n) is 6.97. The van der Waals surface area contributed by atoms with Crippen LogP contribution < -0.4 is 5.32 Å². The van der Waals surface area contributed by atoms with Gasteiger partial charge in [0.15, 0.2) is 0 Å². The van der Waals surface area contributed by atoms with Crippen LogP contribution in [-0.4, -0.2) is 29.2 Å². The molecule has 4 nitrogen and oxygen atoms in total. The zero-order chi connectivity index (χ0) is 12.4. The molecule has 1 saturated carbocycles. The van der Waals surface area contributed by atoms with Gasteiger partial charge in [0.25, 0.3) is 0 Å². The van der Waals surface area contributed by atoms with Crippen LogP contribution in [0.2, 0.25) is 0 Å². The second-order valence-corrected chi connectivity index (χ2v) is 5.40. The van der Waals surface area contributed by atoms with Gasteiger partial charge in [0.1, 0.15) is 5.82 Å². The SMILES string of the molecule is Cc1cc(CNC2CC2)nc(C2CCOCC2)n1. The lowest BCUT2D eigenvalue weighted by Gasteiger charge is -2.21. The summed E-state index contributed by atoms with van der Waals surface area (Å²) in [4.78, 5) is 9.33. The Hall–Kier alpha value is -1.00. The predicted molar refractivity (Wildman–Crippen MR) is 69.4 cm³/mol. The zero-order valence-corrected chi connectivity index (χ0v) is 11.0. The molecule has 1 aliphatic heterocycles. The van der Waals surface area contributed by atoms with Crippen LogP contribution in [0, 0.1) is 6.92 Å². The minimum absolute atomic E-state index is 0.485. The van der Waals surface area contributed by atoms with Gasteiger partial charge in [0, 0.05) is 37.4 Å². The maximum Gasteiger partial charge on any atom is 0.132 e. The summed E-state index contributed by atoms with van der Waals surface area (Å²) < 4.78 is 5.40. The maximum absolute atomic E-state index is 5.40. The molecule has 0 bridgehead atoms. The van der Waals surface area contributed by atoms with E-state index in [0.29, 0.717) is 5.92 Å². The minimum Gasteiger partial charge on any atom is -0.381 e. The van der Waals surface area contributed by atoms with Crippen molar-refractivity contribution in [1.29, 1.82) is 0 Å². The van der Waals surface area contributed by atoms with Crippen LogP contribution in [-0.2, 0) is 11.3 Å². The van der Waals surface area contributed by atoms with Crippen LogP contribution in [0.3, 0.4) is 0 Å². The molecule has 1 saturated heterocycles. The van der Waals surface area contributed by atoms with Gasteiger partial charge in [-0.1, -0.05) is 0 Å². The zero-order valence-electron chi connectivity index (χ0n) is 11.0. The van der Waals surface area contributed by atoms with E-state index in [1.165, 1.54) is 12.8 Å². The van der Waals surface area contributed by atoms with Crippen molar-refractivity contribution in [3.05, 3.63) is 23.3 Å². The third kappa shape index (κ3) is 3.06. The van der Waals surface area contributed by atoms with Crippen molar-refractivity contribution in [1.82, 2.24) is 15.3 Å². The highest BCUT2D eigenvalue weighted by Crippen LogP contribution is 2.24. The fourth-order valence-corrected chi connectivity index (χ4v) is 2.42. The van der Waals surface area contributed by atoms with Crippen molar-refractivity contribution >= 4 is 0 Å². The average molecular weight is 247 g/mol. The van der Waals surface area contributed by atoms with Gasteiger partial charge >= 0.3 is 0 Å². The molecule has 18 heavy (non-hydrogen) atoms. The fraction of sp³-hybridized carbons (Fsp3) is 0.714. The molecule has 4 heteroatoms. The molecule has 2 fully saturated rings. The normalized spacial score (nSPS) is 21.2. The lowest BCUT2D eigenvalue weighted by Crippen LogP contribution is -2.20. The van der Waals surface area contributed by atoms with Crippen molar-refractivity contribution in [3.8, 4) is 0 Å². The highest BCUT2D eigenvalue weighted by atomic mass is 16.5. The van der Waals surface area contributed by atoms with E-state index in [1.54, 1.807) is 0 Å². The standard InChI is InChI=1S/C14H21N3O/c1-10-8-13(9-15-12-2-3-12)17-14(16-10)11-4-6-18-7-5-11/h8,11-12,15H,2-7,9H2,1H3. The van der Waals surface area contributed by atoms with E-state index in [-0.39, 0.29) is 0 Å². The van der Waals surface area contributed by atoms with E-state index in [2.05, 4.69) is 23.3 Å². The molecule has 1 aromatic rings. The van der Waals surface area contributed by atoms with Crippen LogP contribution in [0.25, 0.3) is 0 Å². The van der Waals surface area contributed by atoms with Crippen molar-refractivity contribution in [2.24, 2.45) is 0 Å². The highest BCUT2D eigenvalue weighted by Gasteiger charge is 2.22. The minimum atomic E-state index is 0.485. The molecule has 1 N–H and O–H groups in total. The van der Waals surface area contributed by atoms with E-state index in [9.17, 15) is 0 Å². The fourth-order valence-electron chi connectivity index (χ4n) is 2.42. The molecular weight excluding hydrogens is 226 g/mol. The smallest absolute Gasteiger partial charge is 0.132 e. The molecule has 0 unspecified atom stereocenters. The van der Waals surface area contributed by atoms with Crippen molar-refractivity contribution < 1.29 is 4.74 Å². The predicted octanol–water partition coefficient (Wildman–Crippen LogP) is 1.93. The maximum atomic E-state index is 5.40. The molecule has 0 atom stereocenters. The number of aromatic nitrogens is 2. The molecule has 2 heterocycles. The lowest BCUT2D eigenvalue weighted by atomic mass is 9.99. The molecule has 1 aromatic heterocycles. The largest absolute Gasteiger partial charge is 0.381 e. The van der Waals surface area contributed by atoms with Crippen LogP contribution in [0.4, 0.5) is 0 Å².